The molecule has 0 saturated carbocycles. The molecule has 1 amide bonds. The van der Waals surface area contributed by atoms with Crippen LogP contribution >= 0.6 is 11.6 Å². The van der Waals surface area contributed by atoms with Crippen LogP contribution in [-0.2, 0) is 7.05 Å². The van der Waals surface area contributed by atoms with Crippen LogP contribution in [0.2, 0.25) is 5.02 Å². The molecule has 4 nitrogen and oxygen atoms in total. The van der Waals surface area contributed by atoms with Crippen LogP contribution in [0.15, 0.2) is 30.5 Å². The van der Waals surface area contributed by atoms with Gasteiger partial charge in [0, 0.05) is 13.6 Å². The van der Waals surface area contributed by atoms with E-state index in [9.17, 15) is 4.79 Å². The topological polar surface area (TPSA) is 38.1 Å². The number of likely N-dealkylation sites (tertiary alicyclic amines) is 1. The summed E-state index contributed by atoms with van der Waals surface area (Å²) in [5.74, 6) is -0.0388. The lowest BCUT2D eigenvalue weighted by Crippen LogP contribution is -2.32. The Morgan fingerprint density at radius 1 is 1.33 bits per heavy atom. The van der Waals surface area contributed by atoms with E-state index in [1.54, 1.807) is 11.7 Å². The van der Waals surface area contributed by atoms with Gasteiger partial charge in [-0.25, -0.2) is 0 Å². The highest BCUT2D eigenvalue weighted by atomic mass is 35.5. The molecule has 21 heavy (non-hydrogen) atoms. The lowest BCUT2D eigenvalue weighted by atomic mass is 10.0. The predicted octanol–water partition coefficient (Wildman–Crippen LogP) is 3.36. The molecule has 1 aliphatic heterocycles. The van der Waals surface area contributed by atoms with Gasteiger partial charge in [-0.2, -0.15) is 5.10 Å². The number of amides is 1. The maximum absolute atomic E-state index is 12.8. The minimum Gasteiger partial charge on any atom is -0.330 e. The number of halogens is 1. The predicted molar refractivity (Wildman–Crippen MR) is 82.4 cm³/mol. The summed E-state index contributed by atoms with van der Waals surface area (Å²) in [6.07, 6.45) is 3.52. The zero-order chi connectivity index (χ0) is 15.0. The minimum atomic E-state index is -0.0388. The van der Waals surface area contributed by atoms with Gasteiger partial charge in [-0.1, -0.05) is 41.4 Å². The number of hydrogen-bond donors (Lipinski definition) is 0. The second kappa shape index (κ2) is 5.53. The number of aryl methyl sites for hydroxylation is 2. The van der Waals surface area contributed by atoms with Gasteiger partial charge in [0.05, 0.1) is 17.3 Å². The van der Waals surface area contributed by atoms with E-state index in [0.29, 0.717) is 10.7 Å². The Labute approximate surface area is 129 Å². The van der Waals surface area contributed by atoms with Crippen molar-refractivity contribution in [2.45, 2.75) is 25.8 Å². The number of nitrogens with zero attached hydrogens (tertiary/aromatic N) is 3. The first kappa shape index (κ1) is 14.1. The van der Waals surface area contributed by atoms with Crippen molar-refractivity contribution in [1.29, 1.82) is 0 Å². The monoisotopic (exact) mass is 303 g/mol. The highest BCUT2D eigenvalue weighted by Gasteiger charge is 2.32. The van der Waals surface area contributed by atoms with Crippen molar-refractivity contribution >= 4 is 17.5 Å². The molecule has 1 atom stereocenters. The molecule has 110 valence electrons. The lowest BCUT2D eigenvalue weighted by molar-refractivity contribution is 0.0724. The van der Waals surface area contributed by atoms with E-state index in [1.165, 1.54) is 17.3 Å². The molecule has 1 fully saturated rings. The molecule has 2 heterocycles. The van der Waals surface area contributed by atoms with Gasteiger partial charge in [0.1, 0.15) is 5.69 Å². The SMILES string of the molecule is Cc1ccc(C2CCCN2C(=O)c2c(Cl)cnn2C)cc1. The first-order valence-corrected chi connectivity index (χ1v) is 7.51. The molecule has 0 bridgehead atoms. The number of hydrogen-bond acceptors (Lipinski definition) is 2. The number of rotatable bonds is 2. The number of carbonyl (C=O) groups excluding carboxylic acids is 1. The summed E-state index contributed by atoms with van der Waals surface area (Å²) in [5, 5.41) is 4.47. The summed E-state index contributed by atoms with van der Waals surface area (Å²) < 4.78 is 1.55. The molecule has 2 aromatic rings. The van der Waals surface area contributed by atoms with E-state index in [0.717, 1.165) is 19.4 Å². The van der Waals surface area contributed by atoms with Crippen molar-refractivity contribution in [3.05, 3.63) is 52.3 Å². The molecule has 3 rings (SSSR count). The molecule has 0 radical (unpaired) electrons. The van der Waals surface area contributed by atoms with Crippen LogP contribution in [0, 0.1) is 6.92 Å². The second-order valence-corrected chi connectivity index (χ2v) is 5.94. The molecule has 0 aliphatic carbocycles. The lowest BCUT2D eigenvalue weighted by Gasteiger charge is -2.25. The number of carbonyl (C=O) groups is 1. The number of benzene rings is 1. The van der Waals surface area contributed by atoms with E-state index in [4.69, 9.17) is 11.6 Å². The molecule has 1 aromatic heterocycles. The van der Waals surface area contributed by atoms with Gasteiger partial charge in [0.25, 0.3) is 5.91 Å². The molecule has 1 unspecified atom stereocenters. The summed E-state index contributed by atoms with van der Waals surface area (Å²) in [6.45, 7) is 2.83. The van der Waals surface area contributed by atoms with Crippen LogP contribution in [0.1, 0.15) is 40.5 Å². The smallest absolute Gasteiger partial charge is 0.274 e. The van der Waals surface area contributed by atoms with Crippen molar-refractivity contribution in [2.75, 3.05) is 6.54 Å². The molecular formula is C16H18ClN3O. The van der Waals surface area contributed by atoms with Crippen LogP contribution in [0.3, 0.4) is 0 Å². The van der Waals surface area contributed by atoms with Crippen molar-refractivity contribution in [2.24, 2.45) is 7.05 Å². The zero-order valence-corrected chi connectivity index (χ0v) is 13.0. The largest absolute Gasteiger partial charge is 0.330 e. The molecule has 0 spiro atoms. The van der Waals surface area contributed by atoms with Gasteiger partial charge >= 0.3 is 0 Å². The summed E-state index contributed by atoms with van der Waals surface area (Å²) in [6, 6.07) is 8.53. The van der Waals surface area contributed by atoms with Crippen molar-refractivity contribution in [3.8, 4) is 0 Å². The molecule has 1 saturated heterocycles. The summed E-state index contributed by atoms with van der Waals surface area (Å²) >= 11 is 6.10. The van der Waals surface area contributed by atoms with Crippen LogP contribution in [-0.4, -0.2) is 27.1 Å². The fourth-order valence-corrected chi connectivity index (χ4v) is 3.18. The van der Waals surface area contributed by atoms with Gasteiger partial charge in [-0.05, 0) is 25.3 Å². The van der Waals surface area contributed by atoms with Gasteiger partial charge in [-0.15, -0.1) is 0 Å². The zero-order valence-electron chi connectivity index (χ0n) is 12.2. The van der Waals surface area contributed by atoms with Crippen LogP contribution in [0.4, 0.5) is 0 Å². The first-order valence-electron chi connectivity index (χ1n) is 7.13. The van der Waals surface area contributed by atoms with Gasteiger partial charge < -0.3 is 4.90 Å². The molecule has 0 N–H and O–H groups in total. The summed E-state index contributed by atoms with van der Waals surface area (Å²) in [5.41, 5.74) is 2.88. The van der Waals surface area contributed by atoms with Crippen LogP contribution < -0.4 is 0 Å². The second-order valence-electron chi connectivity index (χ2n) is 5.53. The molecule has 1 aliphatic rings. The van der Waals surface area contributed by atoms with E-state index < -0.39 is 0 Å². The number of aromatic nitrogens is 2. The Balaban J connectivity index is 1.90. The highest BCUT2D eigenvalue weighted by molar-refractivity contribution is 6.33. The highest BCUT2D eigenvalue weighted by Crippen LogP contribution is 2.34. The summed E-state index contributed by atoms with van der Waals surface area (Å²) in [7, 11) is 1.75. The van der Waals surface area contributed by atoms with Crippen LogP contribution in [0.25, 0.3) is 0 Å². The maximum Gasteiger partial charge on any atom is 0.274 e. The van der Waals surface area contributed by atoms with Gasteiger partial charge in [0.15, 0.2) is 0 Å². The Morgan fingerprint density at radius 2 is 2.05 bits per heavy atom. The third kappa shape index (κ3) is 2.56. The fourth-order valence-electron chi connectivity index (χ4n) is 2.93. The third-order valence-electron chi connectivity index (χ3n) is 4.07. The Hall–Kier alpha value is -1.81. The Kier molecular flexibility index (Phi) is 3.72. The standard InChI is InChI=1S/C16H18ClN3O/c1-11-5-7-12(8-6-11)14-4-3-9-20(14)16(21)15-13(17)10-18-19(15)2/h5-8,10,14H,3-4,9H2,1-2H3. The average molecular weight is 304 g/mol. The van der Waals surface area contributed by atoms with E-state index in [1.807, 2.05) is 4.90 Å². The van der Waals surface area contributed by atoms with E-state index in [2.05, 4.69) is 36.3 Å². The fraction of sp³-hybridized carbons (Fsp3) is 0.375. The minimum absolute atomic E-state index is 0.0388. The van der Waals surface area contributed by atoms with Crippen molar-refractivity contribution in [3.63, 3.8) is 0 Å². The van der Waals surface area contributed by atoms with Gasteiger partial charge in [-0.3, -0.25) is 9.48 Å². The van der Waals surface area contributed by atoms with Crippen LogP contribution in [0.5, 0.6) is 0 Å². The molecular weight excluding hydrogens is 286 g/mol. The maximum atomic E-state index is 12.8. The normalized spacial score (nSPS) is 18.2. The van der Waals surface area contributed by atoms with Crippen molar-refractivity contribution < 1.29 is 4.79 Å². The summed E-state index contributed by atoms with van der Waals surface area (Å²) in [4.78, 5) is 14.7. The molecule has 1 aromatic carbocycles. The Bertz CT molecular complexity index is 643. The van der Waals surface area contributed by atoms with Gasteiger partial charge in [0.2, 0.25) is 0 Å². The molecule has 5 heteroatoms. The van der Waals surface area contributed by atoms with E-state index in [-0.39, 0.29) is 11.9 Å². The average Bonchev–Trinajstić information content (AvgIpc) is 3.07. The third-order valence-corrected chi connectivity index (χ3v) is 4.35. The quantitative estimate of drug-likeness (QED) is 0.853. The van der Waals surface area contributed by atoms with E-state index >= 15 is 0 Å². The van der Waals surface area contributed by atoms with Crippen molar-refractivity contribution in [1.82, 2.24) is 14.7 Å². The first-order chi connectivity index (χ1) is 10.1. The Morgan fingerprint density at radius 3 is 2.67 bits per heavy atom.